The summed E-state index contributed by atoms with van der Waals surface area (Å²) >= 11 is 0. The van der Waals surface area contributed by atoms with E-state index in [1.165, 1.54) is 12.1 Å². The monoisotopic (exact) mass is 443 g/mol. The van der Waals surface area contributed by atoms with Gasteiger partial charge in [0.05, 0.1) is 4.90 Å². The second-order valence-electron chi connectivity index (χ2n) is 8.79. The van der Waals surface area contributed by atoms with Gasteiger partial charge in [-0.1, -0.05) is 24.3 Å². The molecule has 0 radical (unpaired) electrons. The predicted molar refractivity (Wildman–Crippen MR) is 119 cm³/mol. The Hall–Kier alpha value is -2.71. The number of hydrogen-bond acceptors (Lipinski definition) is 4. The minimum absolute atomic E-state index is 0.000506. The summed E-state index contributed by atoms with van der Waals surface area (Å²) in [4.78, 5) is 27.0. The molecule has 0 saturated carbocycles. The van der Waals surface area contributed by atoms with Crippen LogP contribution in [0.15, 0.2) is 59.5 Å². The minimum atomic E-state index is -3.72. The van der Waals surface area contributed by atoms with Crippen LogP contribution in [0.5, 0.6) is 0 Å². The number of nitrogens with zero attached hydrogens (tertiary/aromatic N) is 1. The molecule has 1 aliphatic heterocycles. The first-order chi connectivity index (χ1) is 14.5. The molecule has 31 heavy (non-hydrogen) atoms. The largest absolute Gasteiger partial charge is 0.349 e. The molecule has 7 nitrogen and oxygen atoms in total. The maximum atomic E-state index is 12.9. The summed E-state index contributed by atoms with van der Waals surface area (Å²) in [6.45, 7) is 6.28. The normalized spacial score (nSPS) is 15.5. The summed E-state index contributed by atoms with van der Waals surface area (Å²) < 4.78 is 27.8. The molecule has 1 saturated heterocycles. The van der Waals surface area contributed by atoms with Gasteiger partial charge in [-0.2, -0.15) is 0 Å². The quantitative estimate of drug-likeness (QED) is 0.743. The fourth-order valence-electron chi connectivity index (χ4n) is 3.53. The Balaban J connectivity index is 1.61. The van der Waals surface area contributed by atoms with Crippen LogP contribution in [0.1, 0.15) is 54.3 Å². The Morgan fingerprint density at radius 1 is 0.935 bits per heavy atom. The molecular formula is C23H29N3O4S. The van der Waals surface area contributed by atoms with Crippen LogP contribution in [0.4, 0.5) is 0 Å². The van der Waals surface area contributed by atoms with Crippen molar-refractivity contribution in [2.75, 3.05) is 13.1 Å². The maximum absolute atomic E-state index is 12.9. The first-order valence-electron chi connectivity index (χ1n) is 10.3. The first-order valence-corrected chi connectivity index (χ1v) is 11.8. The molecule has 1 fully saturated rings. The predicted octanol–water partition coefficient (Wildman–Crippen LogP) is 2.80. The van der Waals surface area contributed by atoms with Crippen molar-refractivity contribution in [1.29, 1.82) is 0 Å². The topological polar surface area (TPSA) is 95.6 Å². The van der Waals surface area contributed by atoms with Gasteiger partial charge in [0, 0.05) is 35.8 Å². The molecule has 0 atom stereocenters. The van der Waals surface area contributed by atoms with Crippen molar-refractivity contribution in [3.8, 4) is 0 Å². The van der Waals surface area contributed by atoms with Gasteiger partial charge in [-0.25, -0.2) is 13.1 Å². The molecule has 0 aromatic heterocycles. The number of carbonyl (C=O) groups is 2. The van der Waals surface area contributed by atoms with Gasteiger partial charge < -0.3 is 10.2 Å². The molecule has 166 valence electrons. The van der Waals surface area contributed by atoms with Gasteiger partial charge in [0.15, 0.2) is 0 Å². The van der Waals surface area contributed by atoms with E-state index in [0.717, 1.165) is 0 Å². The molecule has 0 bridgehead atoms. The van der Waals surface area contributed by atoms with E-state index in [2.05, 4.69) is 10.0 Å². The third-order valence-electron chi connectivity index (χ3n) is 4.99. The number of benzene rings is 2. The molecule has 0 unspecified atom stereocenters. The second-order valence-corrected chi connectivity index (χ2v) is 10.5. The van der Waals surface area contributed by atoms with E-state index in [0.29, 0.717) is 37.1 Å². The average Bonchev–Trinajstić information content (AvgIpc) is 2.73. The third kappa shape index (κ3) is 6.15. The zero-order valence-corrected chi connectivity index (χ0v) is 18.9. The molecule has 0 spiro atoms. The van der Waals surface area contributed by atoms with Gasteiger partial charge in [-0.15, -0.1) is 0 Å². The van der Waals surface area contributed by atoms with Crippen molar-refractivity contribution >= 4 is 21.8 Å². The molecule has 2 aromatic carbocycles. The number of likely N-dealkylation sites (tertiary alicyclic amines) is 1. The Morgan fingerprint density at radius 3 is 2.16 bits per heavy atom. The van der Waals surface area contributed by atoms with E-state index in [1.807, 2.05) is 18.2 Å². The van der Waals surface area contributed by atoms with Crippen molar-refractivity contribution in [3.05, 3.63) is 65.7 Å². The molecule has 0 aliphatic carbocycles. The smallest absolute Gasteiger partial charge is 0.253 e. The Bertz CT molecular complexity index is 1040. The van der Waals surface area contributed by atoms with Gasteiger partial charge in [-0.05, 0) is 63.9 Å². The molecule has 1 aliphatic rings. The minimum Gasteiger partial charge on any atom is -0.349 e. The van der Waals surface area contributed by atoms with Crippen LogP contribution in [-0.2, 0) is 10.0 Å². The van der Waals surface area contributed by atoms with E-state index in [4.69, 9.17) is 0 Å². The molecule has 1 heterocycles. The van der Waals surface area contributed by atoms with E-state index < -0.39 is 15.6 Å². The standard InChI is InChI=1S/C23H29N3O4S/c1-23(2,3)25-31(29,30)20-11-7-10-18(16-20)22(28)26-14-12-19(13-15-26)24-21(27)17-8-5-4-6-9-17/h4-11,16,19,25H,12-15H2,1-3H3,(H,24,27). The van der Waals surface area contributed by atoms with Crippen molar-refractivity contribution in [3.63, 3.8) is 0 Å². The fraction of sp³-hybridized carbons (Fsp3) is 0.391. The number of sulfonamides is 1. The number of carbonyl (C=O) groups excluding carboxylic acids is 2. The Morgan fingerprint density at radius 2 is 1.55 bits per heavy atom. The average molecular weight is 444 g/mol. The molecule has 2 N–H and O–H groups in total. The van der Waals surface area contributed by atoms with Gasteiger partial charge in [-0.3, -0.25) is 9.59 Å². The third-order valence-corrected chi connectivity index (χ3v) is 6.74. The van der Waals surface area contributed by atoms with Crippen LogP contribution in [0.2, 0.25) is 0 Å². The van der Waals surface area contributed by atoms with Crippen LogP contribution >= 0.6 is 0 Å². The van der Waals surface area contributed by atoms with E-state index in [1.54, 1.807) is 49.9 Å². The summed E-state index contributed by atoms with van der Waals surface area (Å²) in [5, 5.41) is 3.02. The Labute approximate surface area is 183 Å². The van der Waals surface area contributed by atoms with E-state index in [9.17, 15) is 18.0 Å². The Kier molecular flexibility index (Phi) is 6.81. The number of rotatable bonds is 5. The highest BCUT2D eigenvalue weighted by Crippen LogP contribution is 2.18. The summed E-state index contributed by atoms with van der Waals surface area (Å²) in [6, 6.07) is 15.1. The van der Waals surface area contributed by atoms with Crippen LogP contribution in [0.3, 0.4) is 0 Å². The lowest BCUT2D eigenvalue weighted by atomic mass is 10.0. The highest BCUT2D eigenvalue weighted by molar-refractivity contribution is 7.89. The zero-order valence-electron chi connectivity index (χ0n) is 18.1. The summed E-state index contributed by atoms with van der Waals surface area (Å²) in [7, 11) is -3.72. The van der Waals surface area contributed by atoms with Gasteiger partial charge in [0.25, 0.3) is 11.8 Å². The summed E-state index contributed by atoms with van der Waals surface area (Å²) in [6.07, 6.45) is 1.29. The van der Waals surface area contributed by atoms with Crippen LogP contribution in [-0.4, -0.2) is 49.8 Å². The van der Waals surface area contributed by atoms with Crippen molar-refractivity contribution in [2.45, 2.75) is 50.1 Å². The van der Waals surface area contributed by atoms with Crippen molar-refractivity contribution in [1.82, 2.24) is 14.9 Å². The zero-order chi connectivity index (χ0) is 22.6. The summed E-state index contributed by atoms with van der Waals surface area (Å²) in [5.74, 6) is -0.324. The van der Waals surface area contributed by atoms with Gasteiger partial charge in [0.2, 0.25) is 10.0 Å². The maximum Gasteiger partial charge on any atom is 0.253 e. The first kappa shape index (κ1) is 23.0. The van der Waals surface area contributed by atoms with Crippen LogP contribution in [0.25, 0.3) is 0 Å². The SMILES string of the molecule is CC(C)(C)NS(=O)(=O)c1cccc(C(=O)N2CCC(NC(=O)c3ccccc3)CC2)c1. The van der Waals surface area contributed by atoms with Gasteiger partial charge >= 0.3 is 0 Å². The van der Waals surface area contributed by atoms with E-state index in [-0.39, 0.29) is 22.8 Å². The summed E-state index contributed by atoms with van der Waals surface area (Å²) in [5.41, 5.74) is 0.330. The van der Waals surface area contributed by atoms with Crippen molar-refractivity contribution < 1.29 is 18.0 Å². The number of hydrogen-bond donors (Lipinski definition) is 2. The van der Waals surface area contributed by atoms with Crippen LogP contribution in [0, 0.1) is 0 Å². The molecule has 3 rings (SSSR count). The lowest BCUT2D eigenvalue weighted by Gasteiger charge is -2.32. The van der Waals surface area contributed by atoms with E-state index >= 15 is 0 Å². The lowest BCUT2D eigenvalue weighted by molar-refractivity contribution is 0.0698. The molecule has 8 heteroatoms. The molecule has 2 aromatic rings. The fourth-order valence-corrected chi connectivity index (χ4v) is 4.99. The highest BCUT2D eigenvalue weighted by atomic mass is 32.2. The highest BCUT2D eigenvalue weighted by Gasteiger charge is 2.27. The number of amides is 2. The molecular weight excluding hydrogens is 414 g/mol. The number of nitrogens with one attached hydrogen (secondary N) is 2. The number of piperidine rings is 1. The molecule has 2 amide bonds. The van der Waals surface area contributed by atoms with Crippen LogP contribution < -0.4 is 10.0 Å². The lowest BCUT2D eigenvalue weighted by Crippen LogP contribution is -2.46. The second kappa shape index (κ2) is 9.20. The van der Waals surface area contributed by atoms with Gasteiger partial charge in [0.1, 0.15) is 0 Å². The van der Waals surface area contributed by atoms with Crippen molar-refractivity contribution in [2.24, 2.45) is 0 Å².